The van der Waals surface area contributed by atoms with E-state index in [0.717, 1.165) is 19.3 Å². The normalized spacial score (nSPS) is 17.3. The number of hydrogen-bond donors (Lipinski definition) is 1. The Kier molecular flexibility index (Phi) is 6.79. The van der Waals surface area contributed by atoms with Gasteiger partial charge in [-0.15, -0.1) is 5.10 Å². The van der Waals surface area contributed by atoms with Gasteiger partial charge in [-0.25, -0.2) is 4.39 Å². The van der Waals surface area contributed by atoms with Crippen LogP contribution in [0.1, 0.15) is 44.9 Å². The molecule has 6 nitrogen and oxygen atoms in total. The molecule has 1 aliphatic carbocycles. The SMILES string of the molecule is O=C(NCCC1=CCCCC1)C1CCN(c2ccc(=O)n(-c3cccc(F)c3)n2)CC1. The van der Waals surface area contributed by atoms with Crippen molar-refractivity contribution in [2.75, 3.05) is 24.5 Å². The van der Waals surface area contributed by atoms with E-state index in [0.29, 0.717) is 31.1 Å². The van der Waals surface area contributed by atoms with Crippen LogP contribution < -0.4 is 15.8 Å². The summed E-state index contributed by atoms with van der Waals surface area (Å²) in [5.41, 5.74) is 1.56. The number of piperidine rings is 1. The van der Waals surface area contributed by atoms with Crippen molar-refractivity contribution >= 4 is 11.7 Å². The molecule has 1 aliphatic heterocycles. The zero-order valence-electron chi connectivity index (χ0n) is 17.7. The summed E-state index contributed by atoms with van der Waals surface area (Å²) < 4.78 is 14.8. The van der Waals surface area contributed by atoms with Gasteiger partial charge in [0.05, 0.1) is 5.69 Å². The van der Waals surface area contributed by atoms with Crippen LogP contribution in [0.3, 0.4) is 0 Å². The minimum absolute atomic E-state index is 0.00529. The first-order chi connectivity index (χ1) is 15.1. The van der Waals surface area contributed by atoms with Gasteiger partial charge in [0.1, 0.15) is 11.6 Å². The van der Waals surface area contributed by atoms with Crippen molar-refractivity contribution in [1.82, 2.24) is 15.1 Å². The number of anilines is 1. The van der Waals surface area contributed by atoms with E-state index < -0.39 is 5.82 Å². The van der Waals surface area contributed by atoms with Crippen molar-refractivity contribution in [3.05, 3.63) is 64.2 Å². The van der Waals surface area contributed by atoms with E-state index in [1.807, 2.05) is 0 Å². The van der Waals surface area contributed by atoms with Crippen LogP contribution in [0.25, 0.3) is 5.69 Å². The van der Waals surface area contributed by atoms with Gasteiger partial charge in [-0.3, -0.25) is 9.59 Å². The molecule has 0 unspecified atom stereocenters. The van der Waals surface area contributed by atoms with E-state index in [-0.39, 0.29) is 17.4 Å². The number of hydrogen-bond acceptors (Lipinski definition) is 4. The number of rotatable bonds is 6. The standard InChI is InChI=1S/C24H29FN4O2/c25-20-7-4-8-21(17-20)29-23(30)10-9-22(27-29)28-15-12-19(13-16-28)24(31)26-14-11-18-5-2-1-3-6-18/h4-5,7-10,17,19H,1-3,6,11-16H2,(H,26,31). The van der Waals surface area contributed by atoms with E-state index in [1.54, 1.807) is 18.2 Å². The zero-order chi connectivity index (χ0) is 21.6. The molecular weight excluding hydrogens is 395 g/mol. The molecule has 0 radical (unpaired) electrons. The number of allylic oxidation sites excluding steroid dienone is 1. The predicted octanol–water partition coefficient (Wildman–Crippen LogP) is 3.59. The number of carbonyl (C=O) groups is 1. The van der Waals surface area contributed by atoms with Gasteiger partial charge in [0.15, 0.2) is 0 Å². The van der Waals surface area contributed by atoms with E-state index in [4.69, 9.17) is 0 Å². The van der Waals surface area contributed by atoms with Gasteiger partial charge < -0.3 is 10.2 Å². The molecule has 0 atom stereocenters. The molecular formula is C24H29FN4O2. The molecule has 2 heterocycles. The summed E-state index contributed by atoms with van der Waals surface area (Å²) in [6.45, 7) is 2.10. The summed E-state index contributed by atoms with van der Waals surface area (Å²) in [5, 5.41) is 7.54. The fourth-order valence-corrected chi connectivity index (χ4v) is 4.36. The number of carbonyl (C=O) groups excluding carboxylic acids is 1. The largest absolute Gasteiger partial charge is 0.356 e. The second-order valence-electron chi connectivity index (χ2n) is 8.33. The van der Waals surface area contributed by atoms with Gasteiger partial charge in [0.2, 0.25) is 5.91 Å². The Morgan fingerprint density at radius 3 is 2.74 bits per heavy atom. The Hall–Kier alpha value is -2.96. The van der Waals surface area contributed by atoms with Gasteiger partial charge in [0.25, 0.3) is 5.56 Å². The minimum Gasteiger partial charge on any atom is -0.356 e. The fraction of sp³-hybridized carbons (Fsp3) is 0.458. The average molecular weight is 425 g/mol. The van der Waals surface area contributed by atoms with Gasteiger partial charge in [0, 0.05) is 31.6 Å². The molecule has 2 aliphatic rings. The summed E-state index contributed by atoms with van der Waals surface area (Å²) in [6.07, 6.45) is 9.65. The van der Waals surface area contributed by atoms with Gasteiger partial charge >= 0.3 is 0 Å². The molecule has 31 heavy (non-hydrogen) atoms. The molecule has 0 bridgehead atoms. The molecule has 1 aromatic carbocycles. The summed E-state index contributed by atoms with van der Waals surface area (Å²) in [6, 6.07) is 8.97. The highest BCUT2D eigenvalue weighted by Crippen LogP contribution is 2.23. The minimum atomic E-state index is -0.414. The van der Waals surface area contributed by atoms with Gasteiger partial charge in [-0.05, 0) is 69.2 Å². The van der Waals surface area contributed by atoms with Crippen molar-refractivity contribution in [2.24, 2.45) is 5.92 Å². The van der Waals surface area contributed by atoms with Crippen molar-refractivity contribution in [3.8, 4) is 5.69 Å². The smallest absolute Gasteiger partial charge is 0.271 e. The zero-order valence-corrected chi connectivity index (χ0v) is 17.7. The Labute approximate surface area is 181 Å². The number of halogens is 1. The van der Waals surface area contributed by atoms with Crippen LogP contribution in [0.15, 0.2) is 52.8 Å². The summed E-state index contributed by atoms with van der Waals surface area (Å²) in [5.74, 6) is 0.384. The van der Waals surface area contributed by atoms with Gasteiger partial charge in [-0.1, -0.05) is 17.7 Å². The van der Waals surface area contributed by atoms with Crippen molar-refractivity contribution in [2.45, 2.75) is 44.9 Å². The molecule has 1 N–H and O–H groups in total. The number of amides is 1. The van der Waals surface area contributed by atoms with Crippen molar-refractivity contribution in [3.63, 3.8) is 0 Å². The van der Waals surface area contributed by atoms with Crippen LogP contribution in [-0.4, -0.2) is 35.3 Å². The van der Waals surface area contributed by atoms with Crippen LogP contribution >= 0.6 is 0 Å². The molecule has 0 saturated carbocycles. The third-order valence-electron chi connectivity index (χ3n) is 6.16. The quantitative estimate of drug-likeness (QED) is 0.720. The Bertz CT molecular complexity index is 1010. The lowest BCUT2D eigenvalue weighted by atomic mass is 9.95. The van der Waals surface area contributed by atoms with Crippen LogP contribution in [0.2, 0.25) is 0 Å². The molecule has 1 fully saturated rings. The number of nitrogens with zero attached hydrogens (tertiary/aromatic N) is 3. The van der Waals surface area contributed by atoms with Crippen LogP contribution in [0, 0.1) is 11.7 Å². The third-order valence-corrected chi connectivity index (χ3v) is 6.16. The molecule has 0 spiro atoms. The molecule has 4 rings (SSSR count). The topological polar surface area (TPSA) is 67.2 Å². The Morgan fingerprint density at radius 1 is 1.16 bits per heavy atom. The maximum Gasteiger partial charge on any atom is 0.271 e. The Morgan fingerprint density at radius 2 is 2.00 bits per heavy atom. The second-order valence-corrected chi connectivity index (χ2v) is 8.33. The molecule has 1 aromatic heterocycles. The lowest BCUT2D eigenvalue weighted by Crippen LogP contribution is -2.41. The first-order valence-electron chi connectivity index (χ1n) is 11.2. The summed E-state index contributed by atoms with van der Waals surface area (Å²) in [4.78, 5) is 26.9. The highest BCUT2D eigenvalue weighted by Gasteiger charge is 2.26. The van der Waals surface area contributed by atoms with Crippen LogP contribution in [0.5, 0.6) is 0 Å². The number of benzene rings is 1. The number of aromatic nitrogens is 2. The first kappa shape index (κ1) is 21.3. The van der Waals surface area contributed by atoms with E-state index in [9.17, 15) is 14.0 Å². The third kappa shape index (κ3) is 5.40. The van der Waals surface area contributed by atoms with E-state index in [2.05, 4.69) is 21.4 Å². The van der Waals surface area contributed by atoms with Crippen LogP contribution in [0.4, 0.5) is 10.2 Å². The molecule has 1 saturated heterocycles. The fourth-order valence-electron chi connectivity index (χ4n) is 4.36. The van der Waals surface area contributed by atoms with Crippen molar-refractivity contribution in [1.29, 1.82) is 0 Å². The predicted molar refractivity (Wildman–Crippen MR) is 119 cm³/mol. The van der Waals surface area contributed by atoms with Crippen molar-refractivity contribution < 1.29 is 9.18 Å². The molecule has 164 valence electrons. The lowest BCUT2D eigenvalue weighted by molar-refractivity contribution is -0.125. The summed E-state index contributed by atoms with van der Waals surface area (Å²) in [7, 11) is 0. The highest BCUT2D eigenvalue weighted by atomic mass is 19.1. The number of nitrogens with one attached hydrogen (secondary N) is 1. The summed E-state index contributed by atoms with van der Waals surface area (Å²) >= 11 is 0. The maximum absolute atomic E-state index is 13.6. The molecule has 1 amide bonds. The molecule has 7 heteroatoms. The van der Waals surface area contributed by atoms with Gasteiger partial charge in [-0.2, -0.15) is 4.68 Å². The van der Waals surface area contributed by atoms with E-state index >= 15 is 0 Å². The highest BCUT2D eigenvalue weighted by molar-refractivity contribution is 5.79. The molecule has 2 aromatic rings. The lowest BCUT2D eigenvalue weighted by Gasteiger charge is -2.32. The second kappa shape index (κ2) is 9.90. The van der Waals surface area contributed by atoms with Crippen LogP contribution in [-0.2, 0) is 4.79 Å². The Balaban J connectivity index is 1.32. The maximum atomic E-state index is 13.6. The van der Waals surface area contributed by atoms with E-state index in [1.165, 1.54) is 54.1 Å². The monoisotopic (exact) mass is 424 g/mol. The first-order valence-corrected chi connectivity index (χ1v) is 11.2. The average Bonchev–Trinajstić information content (AvgIpc) is 2.80.